The Bertz CT molecular complexity index is 517. The third-order valence-electron chi connectivity index (χ3n) is 6.75. The lowest BCUT2D eigenvalue weighted by molar-refractivity contribution is -0.0884. The van der Waals surface area contributed by atoms with E-state index in [4.69, 9.17) is 0 Å². The number of aromatic hydroxyl groups is 1. The summed E-state index contributed by atoms with van der Waals surface area (Å²) in [7, 11) is 0. The molecule has 4 aliphatic rings. The first-order valence-electron chi connectivity index (χ1n) is 9.70. The molecule has 0 saturated heterocycles. The maximum Gasteiger partial charge on any atom is 0.115 e. The number of phenols is 1. The highest BCUT2D eigenvalue weighted by Crippen LogP contribution is 2.57. The first kappa shape index (κ1) is 15.5. The largest absolute Gasteiger partial charge is 0.508 e. The zero-order valence-electron chi connectivity index (χ0n) is 14.5. The van der Waals surface area contributed by atoms with Gasteiger partial charge in [-0.05, 0) is 93.4 Å². The van der Waals surface area contributed by atoms with Crippen molar-refractivity contribution in [2.75, 3.05) is 13.1 Å². The Labute approximate surface area is 140 Å². The molecule has 1 N–H and O–H groups in total. The van der Waals surface area contributed by atoms with Gasteiger partial charge in [0.2, 0.25) is 0 Å². The number of hydrogen-bond acceptors (Lipinski definition) is 2. The SMILES string of the molecule is CCCN(CCc1cccc(O)c1)C12CC3CC(CC(C3)C1)C2. The van der Waals surface area contributed by atoms with Crippen LogP contribution in [0, 0.1) is 17.8 Å². The van der Waals surface area contributed by atoms with E-state index in [1.54, 1.807) is 6.07 Å². The van der Waals surface area contributed by atoms with E-state index >= 15 is 0 Å². The standard InChI is InChI=1S/C21H31NO/c1-2-7-22(8-6-16-4-3-5-20(23)12-16)21-13-17-9-18(14-21)11-19(10-17)15-21/h3-5,12,17-19,23H,2,6-11,13-15H2,1H3. The van der Waals surface area contributed by atoms with Gasteiger partial charge in [0, 0.05) is 12.1 Å². The second-order valence-corrected chi connectivity index (χ2v) is 8.55. The van der Waals surface area contributed by atoms with Crippen LogP contribution in [-0.4, -0.2) is 28.6 Å². The Hall–Kier alpha value is -1.02. The predicted octanol–water partition coefficient (Wildman–Crippen LogP) is 4.62. The molecule has 126 valence electrons. The summed E-state index contributed by atoms with van der Waals surface area (Å²) in [5.41, 5.74) is 1.79. The molecule has 0 aromatic heterocycles. The summed E-state index contributed by atoms with van der Waals surface area (Å²) in [6.07, 6.45) is 11.2. The van der Waals surface area contributed by atoms with Gasteiger partial charge >= 0.3 is 0 Å². The zero-order valence-corrected chi connectivity index (χ0v) is 14.5. The van der Waals surface area contributed by atoms with Crippen molar-refractivity contribution < 1.29 is 5.11 Å². The summed E-state index contributed by atoms with van der Waals surface area (Å²) in [5, 5.41) is 9.70. The highest BCUT2D eigenvalue weighted by molar-refractivity contribution is 5.27. The second kappa shape index (κ2) is 6.12. The Kier molecular flexibility index (Phi) is 4.13. The quantitative estimate of drug-likeness (QED) is 0.828. The van der Waals surface area contributed by atoms with Crippen molar-refractivity contribution in [3.63, 3.8) is 0 Å². The third kappa shape index (κ3) is 3.03. The minimum Gasteiger partial charge on any atom is -0.508 e. The summed E-state index contributed by atoms with van der Waals surface area (Å²) in [6.45, 7) is 4.72. The van der Waals surface area contributed by atoms with Crippen LogP contribution in [-0.2, 0) is 6.42 Å². The molecule has 4 fully saturated rings. The van der Waals surface area contributed by atoms with E-state index in [0.717, 1.165) is 30.7 Å². The average molecular weight is 313 g/mol. The van der Waals surface area contributed by atoms with E-state index in [1.807, 2.05) is 12.1 Å². The number of rotatable bonds is 6. The molecule has 5 rings (SSSR count). The van der Waals surface area contributed by atoms with Crippen LogP contribution in [0.25, 0.3) is 0 Å². The fourth-order valence-electron chi connectivity index (χ4n) is 6.28. The van der Waals surface area contributed by atoms with Crippen molar-refractivity contribution in [3.05, 3.63) is 29.8 Å². The van der Waals surface area contributed by atoms with Gasteiger partial charge in [-0.25, -0.2) is 0 Å². The van der Waals surface area contributed by atoms with Crippen molar-refractivity contribution in [2.45, 2.75) is 63.8 Å². The lowest BCUT2D eigenvalue weighted by Crippen LogP contribution is -2.60. The molecule has 0 radical (unpaired) electrons. The van der Waals surface area contributed by atoms with E-state index in [-0.39, 0.29) is 0 Å². The van der Waals surface area contributed by atoms with Crippen LogP contribution in [0.1, 0.15) is 57.4 Å². The number of benzene rings is 1. The van der Waals surface area contributed by atoms with E-state index < -0.39 is 0 Å². The Morgan fingerprint density at radius 1 is 1.04 bits per heavy atom. The van der Waals surface area contributed by atoms with Crippen LogP contribution in [0.5, 0.6) is 5.75 Å². The molecule has 4 bridgehead atoms. The highest BCUT2D eigenvalue weighted by atomic mass is 16.3. The van der Waals surface area contributed by atoms with Gasteiger partial charge in [0.05, 0.1) is 0 Å². The molecule has 0 aliphatic heterocycles. The first-order chi connectivity index (χ1) is 11.2. The van der Waals surface area contributed by atoms with Crippen molar-refractivity contribution in [1.29, 1.82) is 0 Å². The molecule has 0 unspecified atom stereocenters. The van der Waals surface area contributed by atoms with Gasteiger partial charge in [0.25, 0.3) is 0 Å². The van der Waals surface area contributed by atoms with Crippen molar-refractivity contribution in [3.8, 4) is 5.75 Å². The molecule has 2 heteroatoms. The van der Waals surface area contributed by atoms with Gasteiger partial charge in [-0.3, -0.25) is 4.90 Å². The van der Waals surface area contributed by atoms with Gasteiger partial charge in [-0.15, -0.1) is 0 Å². The normalized spacial score (nSPS) is 35.1. The maximum atomic E-state index is 9.70. The summed E-state index contributed by atoms with van der Waals surface area (Å²) in [6, 6.07) is 7.83. The minimum absolute atomic E-state index is 0.402. The lowest BCUT2D eigenvalue weighted by atomic mass is 9.52. The molecule has 0 amide bonds. The molecule has 0 heterocycles. The highest BCUT2D eigenvalue weighted by Gasteiger charge is 2.53. The Balaban J connectivity index is 1.49. The van der Waals surface area contributed by atoms with Crippen LogP contribution < -0.4 is 0 Å². The molecule has 0 atom stereocenters. The fraction of sp³-hybridized carbons (Fsp3) is 0.714. The van der Waals surface area contributed by atoms with Gasteiger partial charge in [0.15, 0.2) is 0 Å². The Morgan fingerprint density at radius 3 is 2.26 bits per heavy atom. The van der Waals surface area contributed by atoms with E-state index in [1.165, 1.54) is 57.1 Å². The number of hydrogen-bond donors (Lipinski definition) is 1. The molecule has 0 spiro atoms. The smallest absolute Gasteiger partial charge is 0.115 e. The van der Waals surface area contributed by atoms with Crippen LogP contribution in [0.3, 0.4) is 0 Å². The van der Waals surface area contributed by atoms with Gasteiger partial charge in [-0.1, -0.05) is 19.1 Å². The van der Waals surface area contributed by atoms with Crippen LogP contribution in [0.4, 0.5) is 0 Å². The first-order valence-corrected chi connectivity index (χ1v) is 9.70. The van der Waals surface area contributed by atoms with E-state index in [9.17, 15) is 5.11 Å². The van der Waals surface area contributed by atoms with Crippen LogP contribution >= 0.6 is 0 Å². The molecule has 4 saturated carbocycles. The van der Waals surface area contributed by atoms with Crippen molar-refractivity contribution in [2.24, 2.45) is 17.8 Å². The van der Waals surface area contributed by atoms with E-state index in [0.29, 0.717) is 11.3 Å². The minimum atomic E-state index is 0.402. The Morgan fingerprint density at radius 2 is 1.70 bits per heavy atom. The zero-order chi connectivity index (χ0) is 15.9. The molecule has 23 heavy (non-hydrogen) atoms. The van der Waals surface area contributed by atoms with Gasteiger partial charge < -0.3 is 5.11 Å². The summed E-state index contributed by atoms with van der Waals surface area (Å²) < 4.78 is 0. The molecule has 4 aliphatic carbocycles. The van der Waals surface area contributed by atoms with Crippen LogP contribution in [0.2, 0.25) is 0 Å². The lowest BCUT2D eigenvalue weighted by Gasteiger charge is -2.60. The molecular formula is C21H31NO. The molecule has 2 nitrogen and oxygen atoms in total. The predicted molar refractivity (Wildman–Crippen MR) is 94.6 cm³/mol. The summed E-state index contributed by atoms with van der Waals surface area (Å²) in [5.74, 6) is 3.45. The van der Waals surface area contributed by atoms with Crippen LogP contribution in [0.15, 0.2) is 24.3 Å². The molecule has 1 aromatic carbocycles. The van der Waals surface area contributed by atoms with Gasteiger partial charge in [-0.2, -0.15) is 0 Å². The number of phenolic OH excluding ortho intramolecular Hbond substituents is 1. The average Bonchev–Trinajstić information content (AvgIpc) is 2.50. The van der Waals surface area contributed by atoms with Gasteiger partial charge in [0.1, 0.15) is 5.75 Å². The topological polar surface area (TPSA) is 23.5 Å². The molecule has 1 aromatic rings. The van der Waals surface area contributed by atoms with Crippen molar-refractivity contribution in [1.82, 2.24) is 4.90 Å². The number of nitrogens with zero attached hydrogens (tertiary/aromatic N) is 1. The van der Waals surface area contributed by atoms with Crippen molar-refractivity contribution >= 4 is 0 Å². The monoisotopic (exact) mass is 313 g/mol. The summed E-state index contributed by atoms with van der Waals surface area (Å²) >= 11 is 0. The van der Waals surface area contributed by atoms with E-state index in [2.05, 4.69) is 17.9 Å². The maximum absolute atomic E-state index is 9.70. The summed E-state index contributed by atoms with van der Waals surface area (Å²) in [4.78, 5) is 2.85. The fourth-order valence-corrected chi connectivity index (χ4v) is 6.28. The second-order valence-electron chi connectivity index (χ2n) is 8.55. The molecular weight excluding hydrogens is 282 g/mol. The third-order valence-corrected chi connectivity index (χ3v) is 6.75.